The number of hydrogen-bond acceptors (Lipinski definition) is 2. The maximum atomic E-state index is 5.77. The van der Waals surface area contributed by atoms with E-state index in [0.717, 1.165) is 5.56 Å². The molecule has 1 rings (SSSR count). The van der Waals surface area contributed by atoms with Crippen LogP contribution in [0.15, 0.2) is 30.3 Å². The molecule has 1 atom stereocenters. The average molecular weight is 188 g/mol. The summed E-state index contributed by atoms with van der Waals surface area (Å²) in [6.07, 6.45) is 0. The number of benzene rings is 1. The summed E-state index contributed by atoms with van der Waals surface area (Å²) in [4.78, 5) is -0.706. The Kier molecular flexibility index (Phi) is 2.82. The van der Waals surface area contributed by atoms with E-state index in [2.05, 4.69) is 12.6 Å². The van der Waals surface area contributed by atoms with Crippen molar-refractivity contribution in [2.45, 2.75) is 4.87 Å². The molecule has 1 unspecified atom stereocenters. The maximum absolute atomic E-state index is 5.77. The van der Waals surface area contributed by atoms with Gasteiger partial charge in [-0.15, -0.1) is 11.6 Å². The maximum Gasteiger partial charge on any atom is 0.0985 e. The van der Waals surface area contributed by atoms with Crippen LogP contribution in [0.3, 0.4) is 0 Å². The highest BCUT2D eigenvalue weighted by molar-refractivity contribution is 7.81. The van der Waals surface area contributed by atoms with Gasteiger partial charge in [-0.05, 0) is 5.56 Å². The summed E-state index contributed by atoms with van der Waals surface area (Å²) in [6.45, 7) is 0. The first kappa shape index (κ1) is 8.91. The molecule has 0 radical (unpaired) electrons. The molecule has 0 fully saturated rings. The van der Waals surface area contributed by atoms with Gasteiger partial charge in [-0.1, -0.05) is 30.3 Å². The average Bonchev–Trinajstić information content (AvgIpc) is 2.06. The van der Waals surface area contributed by atoms with Crippen molar-refractivity contribution < 1.29 is 0 Å². The predicted octanol–water partition coefficient (Wildman–Crippen LogP) is 1.97. The third-order valence-electron chi connectivity index (χ3n) is 1.48. The molecule has 0 heterocycles. The first-order valence-electron chi connectivity index (χ1n) is 3.29. The van der Waals surface area contributed by atoms with Crippen LogP contribution >= 0.6 is 24.2 Å². The zero-order chi connectivity index (χ0) is 8.32. The Labute approximate surface area is 77.0 Å². The molecule has 0 aliphatic carbocycles. The lowest BCUT2D eigenvalue weighted by atomic mass is 10.1. The highest BCUT2D eigenvalue weighted by Gasteiger charge is 2.19. The number of thiol groups is 1. The smallest absolute Gasteiger partial charge is 0.0985 e. The van der Waals surface area contributed by atoms with Crippen molar-refractivity contribution in [3.8, 4) is 0 Å². The first-order chi connectivity index (χ1) is 5.17. The summed E-state index contributed by atoms with van der Waals surface area (Å²) < 4.78 is 0. The quantitative estimate of drug-likeness (QED) is 0.413. The number of nitrogens with two attached hydrogens (primary N) is 1. The van der Waals surface area contributed by atoms with Gasteiger partial charge in [-0.3, -0.25) is 0 Å². The van der Waals surface area contributed by atoms with Gasteiger partial charge in [0.1, 0.15) is 0 Å². The van der Waals surface area contributed by atoms with Crippen LogP contribution in [0, 0.1) is 0 Å². The van der Waals surface area contributed by atoms with E-state index in [1.807, 2.05) is 30.3 Å². The van der Waals surface area contributed by atoms with Crippen molar-refractivity contribution in [2.24, 2.45) is 5.73 Å². The van der Waals surface area contributed by atoms with E-state index in [-0.39, 0.29) is 0 Å². The lowest BCUT2D eigenvalue weighted by Gasteiger charge is -2.20. The van der Waals surface area contributed by atoms with Crippen molar-refractivity contribution in [2.75, 3.05) is 5.88 Å². The molecule has 60 valence electrons. The second-order valence-corrected chi connectivity index (χ2v) is 3.49. The van der Waals surface area contributed by atoms with Gasteiger partial charge in [-0.2, -0.15) is 12.6 Å². The van der Waals surface area contributed by atoms with E-state index in [9.17, 15) is 0 Å². The van der Waals surface area contributed by atoms with Gasteiger partial charge < -0.3 is 5.73 Å². The molecule has 0 saturated heterocycles. The molecule has 2 N–H and O–H groups in total. The highest BCUT2D eigenvalue weighted by Crippen LogP contribution is 2.22. The monoisotopic (exact) mass is 187 g/mol. The van der Waals surface area contributed by atoms with Gasteiger partial charge >= 0.3 is 0 Å². The second kappa shape index (κ2) is 3.48. The number of hydrogen-bond donors (Lipinski definition) is 2. The summed E-state index contributed by atoms with van der Waals surface area (Å²) in [6, 6.07) is 9.59. The van der Waals surface area contributed by atoms with Gasteiger partial charge in [0.2, 0.25) is 0 Å². The lowest BCUT2D eigenvalue weighted by molar-refractivity contribution is 0.754. The molecule has 1 aromatic rings. The van der Waals surface area contributed by atoms with E-state index in [1.165, 1.54) is 0 Å². The summed E-state index contributed by atoms with van der Waals surface area (Å²) >= 11 is 9.85. The molecular formula is C8H10ClNS. The first-order valence-corrected chi connectivity index (χ1v) is 4.28. The fourth-order valence-corrected chi connectivity index (χ4v) is 1.11. The fraction of sp³-hybridized carbons (Fsp3) is 0.250. The van der Waals surface area contributed by atoms with Crippen LogP contribution in [0.4, 0.5) is 0 Å². The molecule has 0 aliphatic heterocycles. The van der Waals surface area contributed by atoms with Crippen LogP contribution in [-0.2, 0) is 4.87 Å². The molecule has 3 heteroatoms. The topological polar surface area (TPSA) is 26.0 Å². The molecule has 0 aromatic heterocycles. The van der Waals surface area contributed by atoms with E-state index in [4.69, 9.17) is 17.3 Å². The Balaban J connectivity index is 2.93. The molecule has 0 aliphatic rings. The van der Waals surface area contributed by atoms with Crippen molar-refractivity contribution in [1.82, 2.24) is 0 Å². The summed E-state index contributed by atoms with van der Waals surface area (Å²) in [5, 5.41) is 0. The number of rotatable bonds is 2. The summed E-state index contributed by atoms with van der Waals surface area (Å²) in [7, 11) is 0. The number of halogens is 1. The van der Waals surface area contributed by atoms with Crippen LogP contribution in [0.25, 0.3) is 0 Å². The Bertz CT molecular complexity index is 223. The molecule has 0 saturated carbocycles. The second-order valence-electron chi connectivity index (χ2n) is 2.42. The minimum Gasteiger partial charge on any atom is -0.312 e. The number of alkyl halides is 1. The Morgan fingerprint density at radius 3 is 2.36 bits per heavy atom. The lowest BCUT2D eigenvalue weighted by Crippen LogP contribution is -2.31. The van der Waals surface area contributed by atoms with Crippen LogP contribution in [0.1, 0.15) is 5.56 Å². The minimum absolute atomic E-state index is 0.306. The van der Waals surface area contributed by atoms with E-state index in [0.29, 0.717) is 5.88 Å². The Hall–Kier alpha value is -0.180. The van der Waals surface area contributed by atoms with Gasteiger partial charge in [-0.25, -0.2) is 0 Å². The molecule has 0 amide bonds. The minimum atomic E-state index is -0.706. The van der Waals surface area contributed by atoms with E-state index in [1.54, 1.807) is 0 Å². The standard InChI is InChI=1S/C8H10ClNS/c9-6-8(10,11)7-4-2-1-3-5-7/h1-5,11H,6,10H2. The molecule has 11 heavy (non-hydrogen) atoms. The van der Waals surface area contributed by atoms with Crippen molar-refractivity contribution in [3.63, 3.8) is 0 Å². The van der Waals surface area contributed by atoms with Crippen LogP contribution in [0.2, 0.25) is 0 Å². The van der Waals surface area contributed by atoms with Gasteiger partial charge in [0.25, 0.3) is 0 Å². The van der Waals surface area contributed by atoms with Gasteiger partial charge in [0.15, 0.2) is 0 Å². The molecular weight excluding hydrogens is 178 g/mol. The van der Waals surface area contributed by atoms with Crippen molar-refractivity contribution in [1.29, 1.82) is 0 Å². The van der Waals surface area contributed by atoms with Crippen LogP contribution in [-0.4, -0.2) is 5.88 Å². The zero-order valence-corrected chi connectivity index (χ0v) is 7.65. The normalized spacial score (nSPS) is 15.9. The van der Waals surface area contributed by atoms with Crippen LogP contribution < -0.4 is 5.73 Å². The third-order valence-corrected chi connectivity index (χ3v) is 2.50. The highest BCUT2D eigenvalue weighted by atomic mass is 35.5. The predicted molar refractivity (Wildman–Crippen MR) is 52.0 cm³/mol. The Morgan fingerprint density at radius 2 is 1.91 bits per heavy atom. The molecule has 0 spiro atoms. The summed E-state index contributed by atoms with van der Waals surface area (Å²) in [5.74, 6) is 0.306. The van der Waals surface area contributed by atoms with Gasteiger partial charge in [0.05, 0.1) is 10.8 Å². The van der Waals surface area contributed by atoms with Gasteiger partial charge in [0, 0.05) is 0 Å². The molecule has 0 bridgehead atoms. The third kappa shape index (κ3) is 2.12. The zero-order valence-electron chi connectivity index (χ0n) is 6.00. The van der Waals surface area contributed by atoms with Crippen molar-refractivity contribution in [3.05, 3.63) is 35.9 Å². The van der Waals surface area contributed by atoms with Crippen molar-refractivity contribution >= 4 is 24.2 Å². The fourth-order valence-electron chi connectivity index (χ4n) is 0.804. The molecule has 1 nitrogen and oxygen atoms in total. The largest absolute Gasteiger partial charge is 0.312 e. The van der Waals surface area contributed by atoms with Crippen LogP contribution in [0.5, 0.6) is 0 Å². The summed E-state index contributed by atoms with van der Waals surface area (Å²) in [5.41, 5.74) is 6.71. The SMILES string of the molecule is NC(S)(CCl)c1ccccc1. The molecule has 1 aromatic carbocycles. The Morgan fingerprint density at radius 1 is 1.36 bits per heavy atom. The van der Waals surface area contributed by atoms with E-state index >= 15 is 0 Å². The van der Waals surface area contributed by atoms with E-state index < -0.39 is 4.87 Å².